The number of anilines is 1. The highest BCUT2D eigenvalue weighted by Crippen LogP contribution is 2.20. The molecule has 1 aromatic carbocycles. The standard InChI is InChI=1S/C23H23N3O5/c27-21(17-7-10-26(11-8-17)23(29)18-9-13-30-15-18)24-14-16-3-5-19(6-4-16)25-22(28)20-2-1-12-31-20/h1-6,9,12-13,15,17H,7-8,10-11,14H2,(H,24,27)(H,25,28). The molecule has 1 saturated heterocycles. The van der Waals surface area contributed by atoms with E-state index in [2.05, 4.69) is 10.6 Å². The molecule has 0 atom stereocenters. The van der Waals surface area contributed by atoms with Crippen LogP contribution in [0, 0.1) is 5.92 Å². The molecule has 1 aliphatic heterocycles. The monoisotopic (exact) mass is 421 g/mol. The van der Waals surface area contributed by atoms with Crippen LogP contribution < -0.4 is 10.6 Å². The molecule has 160 valence electrons. The summed E-state index contributed by atoms with van der Waals surface area (Å²) in [5.74, 6) is -0.254. The first kappa shape index (κ1) is 20.5. The summed E-state index contributed by atoms with van der Waals surface area (Å²) in [7, 11) is 0. The maximum atomic E-state index is 12.5. The number of nitrogens with one attached hydrogen (secondary N) is 2. The van der Waals surface area contributed by atoms with E-state index in [1.165, 1.54) is 18.8 Å². The maximum Gasteiger partial charge on any atom is 0.291 e. The second kappa shape index (κ2) is 9.34. The fourth-order valence-corrected chi connectivity index (χ4v) is 3.55. The third-order valence-electron chi connectivity index (χ3n) is 5.34. The Labute approximate surface area is 179 Å². The minimum atomic E-state index is -0.316. The van der Waals surface area contributed by atoms with Gasteiger partial charge in [-0.15, -0.1) is 0 Å². The van der Waals surface area contributed by atoms with E-state index in [4.69, 9.17) is 8.83 Å². The van der Waals surface area contributed by atoms with E-state index in [1.54, 1.807) is 35.2 Å². The summed E-state index contributed by atoms with van der Waals surface area (Å²) in [4.78, 5) is 38.6. The first-order valence-corrected chi connectivity index (χ1v) is 10.1. The molecular formula is C23H23N3O5. The highest BCUT2D eigenvalue weighted by Gasteiger charge is 2.28. The molecule has 0 radical (unpaired) electrons. The van der Waals surface area contributed by atoms with Gasteiger partial charge in [-0.1, -0.05) is 12.1 Å². The van der Waals surface area contributed by atoms with E-state index in [9.17, 15) is 14.4 Å². The van der Waals surface area contributed by atoms with Gasteiger partial charge in [0.15, 0.2) is 5.76 Å². The smallest absolute Gasteiger partial charge is 0.291 e. The molecule has 0 aliphatic carbocycles. The SMILES string of the molecule is O=C(Nc1ccc(CNC(=O)C2CCN(C(=O)c3ccoc3)CC2)cc1)c1ccco1. The number of hydrogen-bond acceptors (Lipinski definition) is 5. The van der Waals surface area contributed by atoms with E-state index in [1.807, 2.05) is 12.1 Å². The Morgan fingerprint density at radius 2 is 1.77 bits per heavy atom. The van der Waals surface area contributed by atoms with Crippen molar-refractivity contribution in [3.05, 3.63) is 78.1 Å². The van der Waals surface area contributed by atoms with E-state index in [-0.39, 0.29) is 29.4 Å². The van der Waals surface area contributed by atoms with Gasteiger partial charge in [0.1, 0.15) is 6.26 Å². The number of nitrogens with zero attached hydrogens (tertiary/aromatic N) is 1. The number of carbonyl (C=O) groups excluding carboxylic acids is 3. The van der Waals surface area contributed by atoms with Crippen LogP contribution in [0.1, 0.15) is 39.3 Å². The molecular weight excluding hydrogens is 398 g/mol. The Morgan fingerprint density at radius 3 is 2.42 bits per heavy atom. The van der Waals surface area contributed by atoms with Crippen LogP contribution in [0.2, 0.25) is 0 Å². The molecule has 2 N–H and O–H groups in total. The second-order valence-electron chi connectivity index (χ2n) is 7.42. The topological polar surface area (TPSA) is 105 Å². The average molecular weight is 421 g/mol. The van der Waals surface area contributed by atoms with Crippen molar-refractivity contribution in [3.63, 3.8) is 0 Å². The molecule has 0 unspecified atom stereocenters. The Balaban J connectivity index is 1.22. The lowest BCUT2D eigenvalue weighted by atomic mass is 9.95. The second-order valence-corrected chi connectivity index (χ2v) is 7.42. The third kappa shape index (κ3) is 5.03. The van der Waals surface area contributed by atoms with Gasteiger partial charge in [0.05, 0.1) is 18.1 Å². The zero-order valence-corrected chi connectivity index (χ0v) is 16.9. The molecule has 1 fully saturated rings. The highest BCUT2D eigenvalue weighted by molar-refractivity contribution is 6.02. The van der Waals surface area contributed by atoms with Crippen LogP contribution in [-0.2, 0) is 11.3 Å². The predicted molar refractivity (Wildman–Crippen MR) is 112 cm³/mol. The lowest BCUT2D eigenvalue weighted by Gasteiger charge is -2.31. The van der Waals surface area contributed by atoms with Crippen LogP contribution >= 0.6 is 0 Å². The zero-order valence-electron chi connectivity index (χ0n) is 16.9. The zero-order chi connectivity index (χ0) is 21.6. The number of likely N-dealkylation sites (tertiary alicyclic amines) is 1. The van der Waals surface area contributed by atoms with Crippen LogP contribution in [-0.4, -0.2) is 35.7 Å². The molecule has 8 heteroatoms. The van der Waals surface area contributed by atoms with Crippen LogP contribution in [0.3, 0.4) is 0 Å². The number of hydrogen-bond donors (Lipinski definition) is 2. The summed E-state index contributed by atoms with van der Waals surface area (Å²) < 4.78 is 10.0. The number of benzene rings is 1. The summed E-state index contributed by atoms with van der Waals surface area (Å²) in [5, 5.41) is 5.72. The summed E-state index contributed by atoms with van der Waals surface area (Å²) in [6.45, 7) is 1.50. The Bertz CT molecular complexity index is 1020. The van der Waals surface area contributed by atoms with Crippen molar-refractivity contribution in [3.8, 4) is 0 Å². The maximum absolute atomic E-state index is 12.5. The summed E-state index contributed by atoms with van der Waals surface area (Å²) >= 11 is 0. The predicted octanol–water partition coefficient (Wildman–Crippen LogP) is 3.29. The first-order chi connectivity index (χ1) is 15.1. The van der Waals surface area contributed by atoms with Gasteiger partial charge in [-0.2, -0.15) is 0 Å². The molecule has 3 heterocycles. The fourth-order valence-electron chi connectivity index (χ4n) is 3.55. The Hall–Kier alpha value is -3.81. The average Bonchev–Trinajstić information content (AvgIpc) is 3.53. The third-order valence-corrected chi connectivity index (χ3v) is 5.34. The van der Waals surface area contributed by atoms with E-state index in [0.717, 1.165) is 5.56 Å². The Morgan fingerprint density at radius 1 is 1.00 bits per heavy atom. The normalized spacial score (nSPS) is 14.3. The lowest BCUT2D eigenvalue weighted by Crippen LogP contribution is -2.42. The van der Waals surface area contributed by atoms with Crippen molar-refractivity contribution in [1.82, 2.24) is 10.2 Å². The molecule has 1 aliphatic rings. The molecule has 8 nitrogen and oxygen atoms in total. The molecule has 2 aromatic heterocycles. The van der Waals surface area contributed by atoms with Crippen molar-refractivity contribution < 1.29 is 23.2 Å². The van der Waals surface area contributed by atoms with Crippen LogP contribution in [0.4, 0.5) is 5.69 Å². The molecule has 31 heavy (non-hydrogen) atoms. The number of furan rings is 2. The molecule has 0 saturated carbocycles. The molecule has 0 spiro atoms. The number of amides is 3. The van der Waals surface area contributed by atoms with Crippen molar-refractivity contribution in [2.75, 3.05) is 18.4 Å². The number of rotatable bonds is 6. The van der Waals surface area contributed by atoms with Gasteiger partial charge in [0, 0.05) is 31.2 Å². The highest BCUT2D eigenvalue weighted by atomic mass is 16.3. The van der Waals surface area contributed by atoms with E-state index < -0.39 is 0 Å². The van der Waals surface area contributed by atoms with Gasteiger partial charge in [0.2, 0.25) is 5.91 Å². The summed E-state index contributed by atoms with van der Waals surface area (Å²) in [6.07, 6.45) is 5.63. The van der Waals surface area contributed by atoms with Crippen LogP contribution in [0.25, 0.3) is 0 Å². The van der Waals surface area contributed by atoms with Crippen LogP contribution in [0.5, 0.6) is 0 Å². The quantitative estimate of drug-likeness (QED) is 0.635. The van der Waals surface area contributed by atoms with Gasteiger partial charge in [-0.05, 0) is 48.7 Å². The first-order valence-electron chi connectivity index (χ1n) is 10.1. The van der Waals surface area contributed by atoms with Gasteiger partial charge < -0.3 is 24.4 Å². The van der Waals surface area contributed by atoms with Gasteiger partial charge in [0.25, 0.3) is 11.8 Å². The molecule has 3 amide bonds. The fraction of sp³-hybridized carbons (Fsp3) is 0.261. The van der Waals surface area contributed by atoms with Gasteiger partial charge in [-0.25, -0.2) is 0 Å². The van der Waals surface area contributed by atoms with Crippen molar-refractivity contribution >= 4 is 23.4 Å². The molecule has 3 aromatic rings. The largest absolute Gasteiger partial charge is 0.472 e. The molecule has 0 bridgehead atoms. The van der Waals surface area contributed by atoms with Gasteiger partial charge in [-0.3, -0.25) is 14.4 Å². The van der Waals surface area contributed by atoms with Crippen molar-refractivity contribution in [2.24, 2.45) is 5.92 Å². The number of piperidine rings is 1. The summed E-state index contributed by atoms with van der Waals surface area (Å²) in [6, 6.07) is 12.2. The number of carbonyl (C=O) groups is 3. The van der Waals surface area contributed by atoms with E-state index >= 15 is 0 Å². The Kier molecular flexibility index (Phi) is 6.16. The summed E-state index contributed by atoms with van der Waals surface area (Å²) in [5.41, 5.74) is 2.11. The minimum Gasteiger partial charge on any atom is -0.472 e. The van der Waals surface area contributed by atoms with Crippen molar-refractivity contribution in [2.45, 2.75) is 19.4 Å². The lowest BCUT2D eigenvalue weighted by molar-refractivity contribution is -0.126. The molecule has 4 rings (SSSR count). The van der Waals surface area contributed by atoms with Crippen molar-refractivity contribution in [1.29, 1.82) is 0 Å². The van der Waals surface area contributed by atoms with Gasteiger partial charge >= 0.3 is 0 Å². The van der Waals surface area contributed by atoms with Crippen LogP contribution in [0.15, 0.2) is 70.1 Å². The van der Waals surface area contributed by atoms with E-state index in [0.29, 0.717) is 43.7 Å². The minimum absolute atomic E-state index is 0.00870.